The molecule has 0 unspecified atom stereocenters. The molecule has 1 aromatic carbocycles. The van der Waals surface area contributed by atoms with E-state index >= 15 is 0 Å². The number of benzene rings is 1. The number of imidazole rings is 1. The van der Waals surface area contributed by atoms with E-state index in [0.717, 1.165) is 38.5 Å². The second-order valence-electron chi connectivity index (χ2n) is 4.11. The molecule has 0 fully saturated rings. The lowest BCUT2D eigenvalue weighted by Gasteiger charge is -1.96. The molecule has 3 aromatic rings. The molecule has 0 amide bonds. The summed E-state index contributed by atoms with van der Waals surface area (Å²) in [6.07, 6.45) is 4.14. The van der Waals surface area contributed by atoms with Gasteiger partial charge < -0.3 is 0 Å². The Bertz CT molecular complexity index is 655. The molecule has 92 valence electrons. The number of halogens is 1. The summed E-state index contributed by atoms with van der Waals surface area (Å²) in [4.78, 5) is 5.59. The highest BCUT2D eigenvalue weighted by Gasteiger charge is 2.09. The summed E-state index contributed by atoms with van der Waals surface area (Å²) in [5, 5.41) is 5.69. The largest absolute Gasteiger partial charge is 0.217 e. The predicted octanol–water partition coefficient (Wildman–Crippen LogP) is 4.17. The maximum Gasteiger partial charge on any atom is 0.212 e. The van der Waals surface area contributed by atoms with Crippen LogP contribution in [0.5, 0.6) is 0 Å². The minimum Gasteiger partial charge on any atom is -0.217 e. The molecule has 3 nitrogen and oxygen atoms in total. The SMILES string of the molecule is CCCc1nn2cc(-c3cccc(Br)c3)nc2s1. The maximum absolute atomic E-state index is 4.63. The lowest BCUT2D eigenvalue weighted by molar-refractivity contribution is 0.849. The third-order valence-electron chi connectivity index (χ3n) is 2.67. The second-order valence-corrected chi connectivity index (χ2v) is 6.07. The van der Waals surface area contributed by atoms with Crippen molar-refractivity contribution in [3.63, 3.8) is 0 Å². The first-order valence-corrected chi connectivity index (χ1v) is 7.48. The first kappa shape index (κ1) is 11.9. The predicted molar refractivity (Wildman–Crippen MR) is 78.0 cm³/mol. The Hall–Kier alpha value is -1.20. The zero-order valence-corrected chi connectivity index (χ0v) is 12.3. The van der Waals surface area contributed by atoms with Crippen LogP contribution in [-0.4, -0.2) is 14.6 Å². The molecule has 0 N–H and O–H groups in total. The molecule has 0 saturated carbocycles. The van der Waals surface area contributed by atoms with E-state index < -0.39 is 0 Å². The fourth-order valence-electron chi connectivity index (χ4n) is 1.84. The molecule has 5 heteroatoms. The van der Waals surface area contributed by atoms with Crippen molar-refractivity contribution < 1.29 is 0 Å². The van der Waals surface area contributed by atoms with Crippen LogP contribution >= 0.6 is 27.3 Å². The van der Waals surface area contributed by atoms with Gasteiger partial charge in [0.15, 0.2) is 0 Å². The summed E-state index contributed by atoms with van der Waals surface area (Å²) in [7, 11) is 0. The number of hydrogen-bond donors (Lipinski definition) is 0. The third-order valence-corrected chi connectivity index (χ3v) is 4.14. The lowest BCUT2D eigenvalue weighted by atomic mass is 10.2. The smallest absolute Gasteiger partial charge is 0.212 e. The Kier molecular flexibility index (Phi) is 3.18. The van der Waals surface area contributed by atoms with E-state index in [4.69, 9.17) is 0 Å². The number of aryl methyl sites for hydroxylation is 1. The fourth-order valence-corrected chi connectivity index (χ4v) is 3.22. The molecule has 2 aromatic heterocycles. The van der Waals surface area contributed by atoms with E-state index in [1.807, 2.05) is 22.8 Å². The van der Waals surface area contributed by atoms with Crippen LogP contribution in [0, 0.1) is 0 Å². The molecule has 0 radical (unpaired) electrons. The summed E-state index contributed by atoms with van der Waals surface area (Å²) in [5.41, 5.74) is 2.08. The van der Waals surface area contributed by atoms with Crippen molar-refractivity contribution in [1.29, 1.82) is 0 Å². The van der Waals surface area contributed by atoms with Gasteiger partial charge in [0, 0.05) is 16.5 Å². The van der Waals surface area contributed by atoms with Gasteiger partial charge in [-0.25, -0.2) is 9.50 Å². The van der Waals surface area contributed by atoms with Gasteiger partial charge in [-0.15, -0.1) is 0 Å². The molecule has 0 aliphatic carbocycles. The monoisotopic (exact) mass is 321 g/mol. The molecule has 0 aliphatic rings. The van der Waals surface area contributed by atoms with Crippen molar-refractivity contribution in [2.45, 2.75) is 19.8 Å². The van der Waals surface area contributed by atoms with Crippen LogP contribution in [0.1, 0.15) is 18.4 Å². The fraction of sp³-hybridized carbons (Fsp3) is 0.231. The number of aromatic nitrogens is 3. The number of rotatable bonds is 3. The van der Waals surface area contributed by atoms with Crippen LogP contribution in [-0.2, 0) is 6.42 Å². The van der Waals surface area contributed by atoms with E-state index in [0.29, 0.717) is 0 Å². The van der Waals surface area contributed by atoms with Crippen molar-refractivity contribution >= 4 is 32.2 Å². The number of hydrogen-bond acceptors (Lipinski definition) is 3. The van der Waals surface area contributed by atoms with Crippen molar-refractivity contribution in [2.75, 3.05) is 0 Å². The molecular formula is C13H12BrN3S. The molecule has 18 heavy (non-hydrogen) atoms. The van der Waals surface area contributed by atoms with E-state index in [9.17, 15) is 0 Å². The van der Waals surface area contributed by atoms with E-state index in [2.05, 4.69) is 45.1 Å². The molecule has 3 rings (SSSR count). The molecule has 2 heterocycles. The molecule has 0 bridgehead atoms. The summed E-state index contributed by atoms with van der Waals surface area (Å²) >= 11 is 5.15. The van der Waals surface area contributed by atoms with Gasteiger partial charge in [0.25, 0.3) is 0 Å². The maximum atomic E-state index is 4.63. The van der Waals surface area contributed by atoms with Crippen molar-refractivity contribution in [3.8, 4) is 11.3 Å². The van der Waals surface area contributed by atoms with E-state index in [-0.39, 0.29) is 0 Å². The van der Waals surface area contributed by atoms with Crippen molar-refractivity contribution in [2.24, 2.45) is 0 Å². The Morgan fingerprint density at radius 2 is 2.28 bits per heavy atom. The summed E-state index contributed by atoms with van der Waals surface area (Å²) in [5.74, 6) is 0. The van der Waals surface area contributed by atoms with Crippen LogP contribution in [0.4, 0.5) is 0 Å². The molecule has 0 aliphatic heterocycles. The normalized spacial score (nSPS) is 11.2. The van der Waals surface area contributed by atoms with Gasteiger partial charge in [-0.2, -0.15) is 5.10 Å². The van der Waals surface area contributed by atoms with Crippen LogP contribution in [0.3, 0.4) is 0 Å². The minimum absolute atomic E-state index is 0.966. The Balaban J connectivity index is 2.01. The van der Waals surface area contributed by atoms with Crippen LogP contribution in [0.15, 0.2) is 34.9 Å². The first-order valence-electron chi connectivity index (χ1n) is 5.87. The summed E-state index contributed by atoms with van der Waals surface area (Å²) in [6, 6.07) is 8.16. The van der Waals surface area contributed by atoms with E-state index in [1.165, 1.54) is 0 Å². The first-order chi connectivity index (χ1) is 8.76. The van der Waals surface area contributed by atoms with Gasteiger partial charge in [-0.05, 0) is 18.6 Å². The summed E-state index contributed by atoms with van der Waals surface area (Å²) in [6.45, 7) is 2.16. The molecule has 0 atom stereocenters. The Morgan fingerprint density at radius 3 is 3.00 bits per heavy atom. The van der Waals surface area contributed by atoms with Gasteiger partial charge in [0.1, 0.15) is 5.01 Å². The second kappa shape index (κ2) is 4.82. The van der Waals surface area contributed by atoms with Crippen molar-refractivity contribution in [1.82, 2.24) is 14.6 Å². The number of nitrogens with zero attached hydrogens (tertiary/aromatic N) is 3. The highest BCUT2D eigenvalue weighted by atomic mass is 79.9. The molecule has 0 spiro atoms. The highest BCUT2D eigenvalue weighted by molar-refractivity contribution is 9.10. The van der Waals surface area contributed by atoms with Crippen LogP contribution in [0.25, 0.3) is 16.2 Å². The zero-order chi connectivity index (χ0) is 12.5. The number of fused-ring (bicyclic) bond motifs is 1. The minimum atomic E-state index is 0.966. The molecular weight excluding hydrogens is 310 g/mol. The Morgan fingerprint density at radius 1 is 1.39 bits per heavy atom. The average Bonchev–Trinajstić information content (AvgIpc) is 2.87. The van der Waals surface area contributed by atoms with Gasteiger partial charge in [-0.3, -0.25) is 0 Å². The van der Waals surface area contributed by atoms with Crippen LogP contribution in [0.2, 0.25) is 0 Å². The van der Waals surface area contributed by atoms with Crippen LogP contribution < -0.4 is 0 Å². The van der Waals surface area contributed by atoms with E-state index in [1.54, 1.807) is 11.3 Å². The van der Waals surface area contributed by atoms with Gasteiger partial charge in [0.05, 0.1) is 11.9 Å². The molecule has 0 saturated heterocycles. The summed E-state index contributed by atoms with van der Waals surface area (Å²) < 4.78 is 2.95. The van der Waals surface area contributed by atoms with Gasteiger partial charge >= 0.3 is 0 Å². The average molecular weight is 322 g/mol. The Labute approximate surface area is 118 Å². The van der Waals surface area contributed by atoms with Crippen molar-refractivity contribution in [3.05, 3.63) is 39.9 Å². The topological polar surface area (TPSA) is 30.2 Å². The zero-order valence-electron chi connectivity index (χ0n) is 9.93. The van der Waals surface area contributed by atoms with Gasteiger partial charge in [0.2, 0.25) is 4.96 Å². The quantitative estimate of drug-likeness (QED) is 0.724. The van der Waals surface area contributed by atoms with Gasteiger partial charge in [-0.1, -0.05) is 46.3 Å². The third kappa shape index (κ3) is 2.20. The lowest BCUT2D eigenvalue weighted by Crippen LogP contribution is -1.85. The standard InChI is InChI=1S/C13H12BrN3S/c1-2-4-12-16-17-8-11(15-13(17)18-12)9-5-3-6-10(14)7-9/h3,5-8H,2,4H2,1H3. The highest BCUT2D eigenvalue weighted by Crippen LogP contribution is 2.24.